The molecule has 1 aromatic rings. The number of benzene rings is 1. The van der Waals surface area contributed by atoms with E-state index in [4.69, 9.17) is 9.47 Å². The minimum absolute atomic E-state index is 0.146. The molecule has 27 heavy (non-hydrogen) atoms. The summed E-state index contributed by atoms with van der Waals surface area (Å²) in [6, 6.07) is 7.00. The van der Waals surface area contributed by atoms with Crippen LogP contribution in [0.1, 0.15) is 19.3 Å². The van der Waals surface area contributed by atoms with Gasteiger partial charge in [0.25, 0.3) is 0 Å². The number of amides is 1. The second-order valence-electron chi connectivity index (χ2n) is 7.46. The third-order valence-electron chi connectivity index (χ3n) is 5.79. The van der Waals surface area contributed by atoms with E-state index in [0.717, 1.165) is 25.8 Å². The van der Waals surface area contributed by atoms with Crippen molar-refractivity contribution in [1.82, 2.24) is 9.80 Å². The lowest BCUT2D eigenvalue weighted by Gasteiger charge is -2.40. The van der Waals surface area contributed by atoms with Gasteiger partial charge < -0.3 is 19.3 Å². The third-order valence-corrected chi connectivity index (χ3v) is 5.79. The Morgan fingerprint density at radius 1 is 1.04 bits per heavy atom. The lowest BCUT2D eigenvalue weighted by atomic mass is 10.0. The maximum absolute atomic E-state index is 14.0. The second kappa shape index (κ2) is 8.54. The van der Waals surface area contributed by atoms with Crippen molar-refractivity contribution in [3.05, 3.63) is 30.1 Å². The zero-order valence-corrected chi connectivity index (χ0v) is 15.7. The van der Waals surface area contributed by atoms with E-state index in [1.807, 2.05) is 15.9 Å². The molecule has 3 saturated heterocycles. The summed E-state index contributed by atoms with van der Waals surface area (Å²) in [6.07, 6.45) is 3.08. The van der Waals surface area contributed by atoms with Crippen molar-refractivity contribution in [3.8, 4) is 0 Å². The zero-order chi connectivity index (χ0) is 18.6. The molecule has 0 radical (unpaired) electrons. The van der Waals surface area contributed by atoms with Gasteiger partial charge in [0.2, 0.25) is 5.91 Å². The lowest BCUT2D eigenvalue weighted by molar-refractivity contribution is -0.140. The Hall–Kier alpha value is -1.70. The molecule has 3 fully saturated rings. The Morgan fingerprint density at radius 3 is 2.52 bits per heavy atom. The summed E-state index contributed by atoms with van der Waals surface area (Å²) < 4.78 is 25.4. The molecule has 4 rings (SSSR count). The number of likely N-dealkylation sites (tertiary alicyclic amines) is 1. The molecule has 1 unspecified atom stereocenters. The fraction of sp³-hybridized carbons (Fsp3) is 0.650. The molecule has 0 aromatic heterocycles. The number of nitrogens with zero attached hydrogens (tertiary/aromatic N) is 3. The van der Waals surface area contributed by atoms with E-state index in [0.29, 0.717) is 51.6 Å². The fourth-order valence-electron chi connectivity index (χ4n) is 4.30. The first kappa shape index (κ1) is 18.7. The van der Waals surface area contributed by atoms with E-state index in [1.54, 1.807) is 12.1 Å². The van der Waals surface area contributed by atoms with Crippen molar-refractivity contribution in [3.63, 3.8) is 0 Å². The molecule has 148 valence electrons. The van der Waals surface area contributed by atoms with Crippen LogP contribution < -0.4 is 4.90 Å². The summed E-state index contributed by atoms with van der Waals surface area (Å²) in [6.45, 7) is 5.17. The van der Waals surface area contributed by atoms with Crippen LogP contribution in [0, 0.1) is 5.82 Å². The number of carbonyl (C=O) groups is 1. The quantitative estimate of drug-likeness (QED) is 0.799. The number of piperazine rings is 1. The summed E-state index contributed by atoms with van der Waals surface area (Å²) in [5.41, 5.74) is 0.622. The van der Waals surface area contributed by atoms with Crippen LogP contribution in [0.5, 0.6) is 0 Å². The molecule has 1 amide bonds. The number of halogens is 1. The number of ether oxygens (including phenoxy) is 2. The van der Waals surface area contributed by atoms with Crippen LogP contribution in [0.25, 0.3) is 0 Å². The lowest BCUT2D eigenvalue weighted by Crippen LogP contribution is -2.55. The monoisotopic (exact) mass is 377 g/mol. The number of para-hydroxylation sites is 1. The van der Waals surface area contributed by atoms with Crippen LogP contribution in [0.3, 0.4) is 0 Å². The van der Waals surface area contributed by atoms with Crippen molar-refractivity contribution in [1.29, 1.82) is 0 Å². The minimum Gasteiger partial charge on any atom is -0.366 e. The standard InChI is InChI=1S/C20H28FN3O3/c21-16-5-1-2-6-17(16)22-9-11-23(12-10-22)19(25)15-24-8-4-3-7-18(24)20-26-13-14-27-20/h1-2,5-6,18,20H,3-4,7-15H2. The van der Waals surface area contributed by atoms with Gasteiger partial charge >= 0.3 is 0 Å². The first-order valence-corrected chi connectivity index (χ1v) is 9.97. The van der Waals surface area contributed by atoms with Gasteiger partial charge in [0.15, 0.2) is 6.29 Å². The molecular weight excluding hydrogens is 349 g/mol. The van der Waals surface area contributed by atoms with Gasteiger partial charge in [0.05, 0.1) is 31.5 Å². The molecule has 0 N–H and O–H groups in total. The molecule has 1 atom stereocenters. The molecular formula is C20H28FN3O3. The molecule has 3 aliphatic rings. The van der Waals surface area contributed by atoms with Gasteiger partial charge in [-0.1, -0.05) is 18.6 Å². The van der Waals surface area contributed by atoms with Gasteiger partial charge in [-0.05, 0) is 31.5 Å². The van der Waals surface area contributed by atoms with E-state index >= 15 is 0 Å². The van der Waals surface area contributed by atoms with E-state index in [2.05, 4.69) is 4.90 Å². The highest BCUT2D eigenvalue weighted by molar-refractivity contribution is 5.78. The van der Waals surface area contributed by atoms with Crippen LogP contribution in [0.2, 0.25) is 0 Å². The van der Waals surface area contributed by atoms with Gasteiger partial charge in [0, 0.05) is 26.2 Å². The normalized spacial score (nSPS) is 25.1. The maximum Gasteiger partial charge on any atom is 0.236 e. The maximum atomic E-state index is 14.0. The molecule has 0 saturated carbocycles. The van der Waals surface area contributed by atoms with E-state index in [-0.39, 0.29) is 24.1 Å². The van der Waals surface area contributed by atoms with Gasteiger partial charge in [-0.15, -0.1) is 0 Å². The summed E-state index contributed by atoms with van der Waals surface area (Å²) in [5.74, 6) is -0.0573. The first-order chi connectivity index (χ1) is 13.2. The van der Waals surface area contributed by atoms with E-state index in [1.165, 1.54) is 6.07 Å². The van der Waals surface area contributed by atoms with Crippen molar-refractivity contribution in [2.45, 2.75) is 31.6 Å². The fourth-order valence-corrected chi connectivity index (χ4v) is 4.30. The highest BCUT2D eigenvalue weighted by atomic mass is 19.1. The molecule has 6 nitrogen and oxygen atoms in total. The average molecular weight is 377 g/mol. The molecule has 1 aromatic carbocycles. The van der Waals surface area contributed by atoms with Crippen LogP contribution in [0.15, 0.2) is 24.3 Å². The third kappa shape index (κ3) is 4.25. The molecule has 7 heteroatoms. The van der Waals surface area contributed by atoms with Crippen LogP contribution in [-0.4, -0.2) is 80.5 Å². The molecule has 3 aliphatic heterocycles. The Kier molecular flexibility index (Phi) is 5.90. The van der Waals surface area contributed by atoms with Crippen LogP contribution in [-0.2, 0) is 14.3 Å². The number of anilines is 1. The van der Waals surface area contributed by atoms with Crippen molar-refractivity contribution >= 4 is 11.6 Å². The highest BCUT2D eigenvalue weighted by Crippen LogP contribution is 2.25. The number of piperidine rings is 1. The van der Waals surface area contributed by atoms with Gasteiger partial charge in [0.1, 0.15) is 5.82 Å². The van der Waals surface area contributed by atoms with E-state index < -0.39 is 0 Å². The average Bonchev–Trinajstić information content (AvgIpc) is 3.23. The molecule has 0 bridgehead atoms. The zero-order valence-electron chi connectivity index (χ0n) is 15.7. The number of rotatable bonds is 4. The Bertz CT molecular complexity index is 645. The van der Waals surface area contributed by atoms with Crippen molar-refractivity contribution in [2.75, 3.05) is 57.4 Å². The molecule has 0 aliphatic carbocycles. The summed E-state index contributed by atoms with van der Waals surface area (Å²) in [4.78, 5) is 19.0. The van der Waals surface area contributed by atoms with Crippen LogP contribution >= 0.6 is 0 Å². The van der Waals surface area contributed by atoms with Crippen molar-refractivity contribution < 1.29 is 18.7 Å². The van der Waals surface area contributed by atoms with Gasteiger partial charge in [-0.25, -0.2) is 4.39 Å². The summed E-state index contributed by atoms with van der Waals surface area (Å²) >= 11 is 0. The second-order valence-corrected chi connectivity index (χ2v) is 7.46. The largest absolute Gasteiger partial charge is 0.366 e. The number of hydrogen-bond acceptors (Lipinski definition) is 5. The minimum atomic E-state index is -0.204. The molecule has 3 heterocycles. The highest BCUT2D eigenvalue weighted by Gasteiger charge is 2.35. The smallest absolute Gasteiger partial charge is 0.236 e. The summed E-state index contributed by atoms with van der Waals surface area (Å²) in [5, 5.41) is 0. The topological polar surface area (TPSA) is 45.3 Å². The summed E-state index contributed by atoms with van der Waals surface area (Å²) in [7, 11) is 0. The SMILES string of the molecule is O=C(CN1CCCCC1C1OCCO1)N1CCN(c2ccccc2F)CC1. The predicted octanol–water partition coefficient (Wildman–Crippen LogP) is 1.70. The number of hydrogen-bond donors (Lipinski definition) is 0. The van der Waals surface area contributed by atoms with Gasteiger partial charge in [-0.3, -0.25) is 9.69 Å². The predicted molar refractivity (Wildman–Crippen MR) is 100 cm³/mol. The van der Waals surface area contributed by atoms with Crippen LogP contribution in [0.4, 0.5) is 10.1 Å². The van der Waals surface area contributed by atoms with E-state index in [9.17, 15) is 9.18 Å². The Balaban J connectivity index is 1.32. The number of carbonyl (C=O) groups excluding carboxylic acids is 1. The first-order valence-electron chi connectivity index (χ1n) is 9.97. The Morgan fingerprint density at radius 2 is 1.78 bits per heavy atom. The molecule has 0 spiro atoms. The van der Waals surface area contributed by atoms with Crippen molar-refractivity contribution in [2.24, 2.45) is 0 Å². The Labute approximate surface area is 159 Å². The van der Waals surface area contributed by atoms with Gasteiger partial charge in [-0.2, -0.15) is 0 Å².